The third-order valence-electron chi connectivity index (χ3n) is 19.0. The molecule has 8 rings (SSSR count). The number of hydrogen-bond acceptors (Lipinski definition) is 10. The summed E-state index contributed by atoms with van der Waals surface area (Å²) in [6.45, 7) is 69.2. The summed E-state index contributed by atoms with van der Waals surface area (Å²) in [6, 6.07) is 40.8. The number of hydrogen-bond donors (Lipinski definition) is 4. The maximum Gasteiger partial charge on any atom is 2.00 e. The number of nitrogens with zero attached hydrogens (tertiary/aromatic N) is 6. The van der Waals surface area contributed by atoms with Gasteiger partial charge in [-0.3, -0.25) is 9.98 Å². The minimum Gasteiger partial charge on any atom is -0.646 e. The molecular formula is C98H148N6Ni4O7P2. The Bertz CT molecular complexity index is 4140. The van der Waals surface area contributed by atoms with Crippen LogP contribution in [0.5, 0.6) is 0 Å². The van der Waals surface area contributed by atoms with Crippen LogP contribution in [0.25, 0.3) is 16.1 Å². The number of aliphatic hydroxyl groups excluding tert-OH is 1. The Morgan fingerprint density at radius 3 is 0.940 bits per heavy atom. The predicted octanol–water partition coefficient (Wildman–Crippen LogP) is 26.9. The number of carboxylic acid groups (broad SMARTS) is 2. The quantitative estimate of drug-likeness (QED) is 0.0228. The Labute approximate surface area is 752 Å². The molecule has 0 unspecified atom stereocenters. The van der Waals surface area contributed by atoms with Crippen molar-refractivity contribution in [2.75, 3.05) is 12.3 Å². The van der Waals surface area contributed by atoms with Crippen LogP contribution in [0.4, 0.5) is 28.4 Å². The molecule has 13 nitrogen and oxygen atoms in total. The second kappa shape index (κ2) is 53.3. The Morgan fingerprint density at radius 1 is 0.419 bits per heavy atom. The molecule has 0 radical (unpaired) electrons. The third kappa shape index (κ3) is 37.7. The van der Waals surface area contributed by atoms with Gasteiger partial charge in [0.15, 0.2) is 6.16 Å². The number of aliphatic hydroxyl groups is 2. The van der Waals surface area contributed by atoms with Crippen molar-refractivity contribution in [2.24, 2.45) is 25.0 Å². The monoisotopic (exact) mass is 1810 g/mol. The van der Waals surface area contributed by atoms with Crippen molar-refractivity contribution >= 4 is 101 Å². The first kappa shape index (κ1) is 120. The maximum atomic E-state index is 12.0. The zero-order chi connectivity index (χ0) is 84.1. The van der Waals surface area contributed by atoms with E-state index >= 15 is 0 Å². The minimum absolute atomic E-state index is 0. The molecule has 0 atom stereocenters. The van der Waals surface area contributed by atoms with E-state index in [1.807, 2.05) is 39.0 Å². The van der Waals surface area contributed by atoms with Gasteiger partial charge in [-0.1, -0.05) is 203 Å². The molecule has 117 heavy (non-hydrogen) atoms. The van der Waals surface area contributed by atoms with Crippen molar-refractivity contribution in [3.8, 4) is 0 Å². The Balaban J connectivity index is -0.000000449. The van der Waals surface area contributed by atoms with Gasteiger partial charge in [0, 0.05) is 81.8 Å². The first-order valence-corrected chi connectivity index (χ1v) is 42.8. The van der Waals surface area contributed by atoms with Crippen molar-refractivity contribution in [2.45, 2.75) is 298 Å². The van der Waals surface area contributed by atoms with Crippen LogP contribution in [0.15, 0.2) is 140 Å². The molecule has 0 heterocycles. The molecule has 19 heteroatoms. The van der Waals surface area contributed by atoms with E-state index in [2.05, 4.69) is 301 Å². The summed E-state index contributed by atoms with van der Waals surface area (Å²) in [5.41, 5.74) is 26.0. The molecule has 7 aromatic carbocycles. The fraction of sp³-hybridized carbons (Fsp3) is 0.480. The summed E-state index contributed by atoms with van der Waals surface area (Å²) in [5.74, 6) is -0.897. The van der Waals surface area contributed by atoms with Gasteiger partial charge in [-0.05, 0) is 251 Å². The van der Waals surface area contributed by atoms with Crippen LogP contribution in [0.1, 0.15) is 277 Å². The molecule has 1 aliphatic rings. The van der Waals surface area contributed by atoms with Gasteiger partial charge in [0.2, 0.25) is 0 Å². The van der Waals surface area contributed by atoms with Crippen LogP contribution < -0.4 is 0 Å². The van der Waals surface area contributed by atoms with E-state index in [1.165, 1.54) is 91.4 Å². The first-order valence-electron chi connectivity index (χ1n) is 39.4. The fourth-order valence-corrected chi connectivity index (χ4v) is 21.5. The van der Waals surface area contributed by atoms with Crippen molar-refractivity contribution in [3.63, 3.8) is 0 Å². The number of amides is 1. The van der Waals surface area contributed by atoms with Gasteiger partial charge in [0.05, 0.1) is 84.0 Å². The van der Waals surface area contributed by atoms with E-state index < -0.39 is 34.1 Å². The molecule has 1 aliphatic carbocycles. The largest absolute Gasteiger partial charge is 2.00 e. The summed E-state index contributed by atoms with van der Waals surface area (Å²) < 4.78 is 0. The normalized spacial score (nSPS) is 12.7. The molecule has 0 saturated carbocycles. The maximum absolute atomic E-state index is 12.0. The second-order valence-corrected chi connectivity index (χ2v) is 43.5. The minimum atomic E-state index is -1.17. The molecule has 0 saturated heterocycles. The number of rotatable bonds is 17. The molecule has 7 aromatic rings. The van der Waals surface area contributed by atoms with Gasteiger partial charge in [0.25, 0.3) is 0 Å². The summed E-state index contributed by atoms with van der Waals surface area (Å²) in [6.07, 6.45) is 3.82. The molecule has 0 fully saturated rings. The number of carbonyl (C=O) groups is 3. The summed E-state index contributed by atoms with van der Waals surface area (Å²) in [4.78, 5) is 58.5. The van der Waals surface area contributed by atoms with Crippen molar-refractivity contribution in [1.82, 2.24) is 0 Å². The molecule has 0 spiro atoms. The van der Waals surface area contributed by atoms with Gasteiger partial charge in [-0.15, -0.1) is 5.54 Å². The van der Waals surface area contributed by atoms with Crippen molar-refractivity contribution < 1.29 is 101 Å². The van der Waals surface area contributed by atoms with Crippen molar-refractivity contribution in [1.29, 1.82) is 0 Å². The number of benzene rings is 7. The van der Waals surface area contributed by atoms with E-state index in [1.54, 1.807) is 0 Å². The standard InChI is InChI=1S/C30H28N2.C24H32N2.C15H21NO2.C14H30NOP.C10H21O2P.C2H6O2.3CH3.4Ni/c1-17-13-19(3)27(20(4)14-17)31-29-24-11-7-9-23-10-8-12-25(26(23)24)30(29)32-28-21(5)15-18(2)16-22(28)6;1-7-19-13-11-14-20(8-2)23(19)25-17(5)18(6)26-24-21(9-3)15-12-16-22(24)10-4;1-9(2)12-7-6-8-13(10(3)4)14(12)16-11(5)15(17)18;1-12(2,3)15-11(16)10-17(13(4,5)6)14(7,8)9;1-9(2,3)13(7-8(11)12)10(4,5)6;1-2(3)4;;;;;;;/h7-16H,1-6H3;11-16H,7-10H2,1-6H3;6-10H,1-5H3,(H,17,18);10H2,1-9H3,(H,15,16);7H2,1-6H3,(H,11,12);2-4H,1H3;3*1H3;;;;/q;;;;;;3*-1;;;;+2/p+1. The molecule has 1 amide bonds. The van der Waals surface area contributed by atoms with E-state index in [9.17, 15) is 14.4 Å². The summed E-state index contributed by atoms with van der Waals surface area (Å²) in [5, 5.41) is 40.5. The number of carboxylic acids is 2. The van der Waals surface area contributed by atoms with Crippen LogP contribution in [0.2, 0.25) is 0 Å². The summed E-state index contributed by atoms with van der Waals surface area (Å²) >= 11 is 0. The number of aryl methyl sites for hydroxylation is 10. The van der Waals surface area contributed by atoms with Gasteiger partial charge < -0.3 is 52.8 Å². The van der Waals surface area contributed by atoms with E-state index in [-0.39, 0.29) is 126 Å². The Hall–Kier alpha value is -5.69. The SMILES string of the molecule is CC(=Nc1c(C(C)C)cccc1C(C)C)C(=O)O.CC(C)(C)[N-]C(=O)C[PH+](C(C)(C)C)C(C)(C)C.CC(C)(C)[PH+](CC(=O)O)C(C)(C)C.CC(O)O.CCc1cccc(CC)c1N=C(C)C(C)=Nc1c(CC)cccc1CC.Cc1cc(C)c(N=C2C(=Nc3c(C)cc(C)cc3C)c3cccc4cccc2c34)c(C)c1.[CH3-].[CH3-].[CH3-].[Ni+2].[Ni].[Ni].[Ni]. The average molecular weight is 1820 g/mol. The van der Waals surface area contributed by atoms with Gasteiger partial charge in [-0.25, -0.2) is 24.6 Å². The zero-order valence-electron chi connectivity index (χ0n) is 77.9. The Morgan fingerprint density at radius 2 is 0.692 bits per heavy atom. The molecule has 4 N–H and O–H groups in total. The zero-order valence-corrected chi connectivity index (χ0v) is 83.9. The second-order valence-electron chi connectivity index (χ2n) is 34.9. The van der Waals surface area contributed by atoms with Crippen molar-refractivity contribution in [3.05, 3.63) is 221 Å². The van der Waals surface area contributed by atoms with Gasteiger partial charge in [0.1, 0.15) is 12.0 Å². The van der Waals surface area contributed by atoms with Crippen LogP contribution in [0.3, 0.4) is 0 Å². The van der Waals surface area contributed by atoms with Crippen LogP contribution in [-0.4, -0.2) is 112 Å². The first-order chi connectivity index (χ1) is 50.7. The van der Waals surface area contributed by atoms with Gasteiger partial charge >= 0.3 is 28.4 Å². The molecule has 0 bridgehead atoms. The average Bonchev–Trinajstić information content (AvgIpc) is 1.59. The molecular weight excluding hydrogens is 1670 g/mol. The predicted molar refractivity (Wildman–Crippen MR) is 503 cm³/mol. The van der Waals surface area contributed by atoms with Crippen LogP contribution in [-0.2, 0) is 106 Å². The number of para-hydroxylation sites is 3. The molecule has 662 valence electrons. The molecule has 0 aliphatic heterocycles. The van der Waals surface area contributed by atoms with Crippen LogP contribution in [0, 0.1) is 63.8 Å². The van der Waals surface area contributed by atoms with E-state index in [0.717, 1.165) is 88.1 Å². The topological polar surface area (TPSA) is 208 Å². The Kier molecular flexibility index (Phi) is 54.6. The van der Waals surface area contributed by atoms with E-state index in [0.29, 0.717) is 24.2 Å². The summed E-state index contributed by atoms with van der Waals surface area (Å²) in [7, 11) is -1.66. The van der Waals surface area contributed by atoms with E-state index in [4.69, 9.17) is 40.4 Å². The molecule has 0 aromatic heterocycles. The smallest absolute Gasteiger partial charge is 0.646 e. The third-order valence-corrected chi connectivity index (χ3v) is 27.6. The number of aliphatic imine (C=N–C) groups is 5. The van der Waals surface area contributed by atoms with Crippen LogP contribution >= 0.6 is 15.8 Å². The fourth-order valence-electron chi connectivity index (χ4n) is 14.2. The number of aliphatic carboxylic acids is 2. The van der Waals surface area contributed by atoms with Gasteiger partial charge in [-0.2, -0.15) is 0 Å². The number of carbonyl (C=O) groups excluding carboxylic acids is 1.